The normalized spacial score (nSPS) is 27.3. The molecule has 2 aromatic carbocycles. The number of aliphatic carboxylic acids is 1. The number of hydrogen-bond acceptors (Lipinski definition) is 10. The lowest BCUT2D eigenvalue weighted by molar-refractivity contribution is -0.192. The Labute approximate surface area is 255 Å². The van der Waals surface area contributed by atoms with Crippen molar-refractivity contribution in [1.29, 1.82) is 0 Å². The zero-order valence-corrected chi connectivity index (χ0v) is 24.5. The number of carbonyl (C=O) groups excluding carboxylic acids is 2. The van der Waals surface area contributed by atoms with Crippen molar-refractivity contribution in [2.24, 2.45) is 0 Å². The van der Waals surface area contributed by atoms with Crippen LogP contribution < -0.4 is 9.47 Å². The van der Waals surface area contributed by atoms with Crippen molar-refractivity contribution in [2.75, 3.05) is 20.7 Å². The number of halogens is 3. The first-order valence-corrected chi connectivity index (χ1v) is 14.1. The number of rotatable bonds is 6. The van der Waals surface area contributed by atoms with E-state index in [1.165, 1.54) is 6.92 Å². The zero-order chi connectivity index (χ0) is 32.9. The molecule has 3 N–H and O–H groups in total. The van der Waals surface area contributed by atoms with Crippen LogP contribution in [-0.4, -0.2) is 88.9 Å². The average Bonchev–Trinajstić information content (AvgIpc) is 3.35. The molecule has 45 heavy (non-hydrogen) atoms. The molecule has 1 saturated heterocycles. The monoisotopic (exact) mass is 635 g/mol. The molecule has 1 fully saturated rings. The smallest absolute Gasteiger partial charge is 0.490 e. The first kappa shape index (κ1) is 32.3. The molecular formula is C31H32F3NO10. The number of carboxylic acid groups (broad SMARTS) is 1. The number of methoxy groups -OCH3 is 1. The van der Waals surface area contributed by atoms with E-state index in [0.29, 0.717) is 29.9 Å². The van der Waals surface area contributed by atoms with Crippen LogP contribution in [0.2, 0.25) is 0 Å². The first-order valence-electron chi connectivity index (χ1n) is 14.1. The van der Waals surface area contributed by atoms with Gasteiger partial charge in [0.25, 0.3) is 0 Å². The van der Waals surface area contributed by atoms with Crippen molar-refractivity contribution in [3.05, 3.63) is 71.0 Å². The number of aliphatic hydroxyl groups excluding tert-OH is 1. The Balaban J connectivity index is 0.000000515. The number of ether oxygens (including phenoxy) is 4. The van der Waals surface area contributed by atoms with Gasteiger partial charge in [-0.15, -0.1) is 0 Å². The summed E-state index contributed by atoms with van der Waals surface area (Å²) in [5.74, 6) is -3.11. The Morgan fingerprint density at radius 2 is 1.78 bits per heavy atom. The van der Waals surface area contributed by atoms with Crippen LogP contribution in [0.15, 0.2) is 54.3 Å². The van der Waals surface area contributed by atoms with Crippen LogP contribution in [-0.2, 0) is 35.7 Å². The molecule has 242 valence electrons. The summed E-state index contributed by atoms with van der Waals surface area (Å²) in [5.41, 5.74) is 0.461. The Morgan fingerprint density at radius 3 is 2.38 bits per heavy atom. The van der Waals surface area contributed by atoms with Crippen LogP contribution >= 0.6 is 0 Å². The predicted molar refractivity (Wildman–Crippen MR) is 148 cm³/mol. The number of alkyl halides is 3. The molecule has 4 aliphatic rings. The maximum Gasteiger partial charge on any atom is 0.490 e. The van der Waals surface area contributed by atoms with Crippen molar-refractivity contribution >= 4 is 17.9 Å². The van der Waals surface area contributed by atoms with Gasteiger partial charge in [-0.3, -0.25) is 0 Å². The number of aliphatic hydroxyl groups is 2. The van der Waals surface area contributed by atoms with Gasteiger partial charge in [-0.25, -0.2) is 14.4 Å². The van der Waals surface area contributed by atoms with Crippen molar-refractivity contribution in [2.45, 2.75) is 67.7 Å². The van der Waals surface area contributed by atoms with Gasteiger partial charge in [0, 0.05) is 23.6 Å². The van der Waals surface area contributed by atoms with E-state index in [9.17, 15) is 33.0 Å². The van der Waals surface area contributed by atoms with Crippen molar-refractivity contribution < 1.29 is 61.8 Å². The van der Waals surface area contributed by atoms with E-state index < -0.39 is 53.4 Å². The van der Waals surface area contributed by atoms with Crippen molar-refractivity contribution in [1.82, 2.24) is 4.90 Å². The van der Waals surface area contributed by atoms with Gasteiger partial charge in [0.05, 0.1) is 18.1 Å². The quantitative estimate of drug-likeness (QED) is 0.402. The summed E-state index contributed by atoms with van der Waals surface area (Å²) in [5, 5.41) is 29.1. The molecule has 2 bridgehead atoms. The number of esters is 2. The van der Waals surface area contributed by atoms with Crippen molar-refractivity contribution in [3.8, 4) is 11.5 Å². The highest BCUT2D eigenvalue weighted by molar-refractivity contribution is 5.83. The van der Waals surface area contributed by atoms with Gasteiger partial charge in [-0.1, -0.05) is 36.4 Å². The van der Waals surface area contributed by atoms with Crippen LogP contribution in [0.3, 0.4) is 0 Å². The van der Waals surface area contributed by atoms with Crippen LogP contribution in [0.1, 0.15) is 42.6 Å². The van der Waals surface area contributed by atoms with Crippen LogP contribution in [0.25, 0.3) is 0 Å². The van der Waals surface area contributed by atoms with E-state index in [2.05, 4.69) is 4.90 Å². The number of nitrogens with zero attached hydrogens (tertiary/aromatic N) is 1. The third kappa shape index (κ3) is 5.30. The van der Waals surface area contributed by atoms with Gasteiger partial charge in [0.2, 0.25) is 6.10 Å². The predicted octanol–water partition coefficient (Wildman–Crippen LogP) is 2.81. The number of likely N-dealkylation sites (tertiary alicyclic amines) is 1. The third-order valence-electron chi connectivity index (χ3n) is 8.91. The summed E-state index contributed by atoms with van der Waals surface area (Å²) in [6.07, 6.45) is -5.39. The number of carbonyl (C=O) groups is 3. The molecule has 2 aromatic rings. The lowest BCUT2D eigenvalue weighted by Gasteiger charge is -2.61. The fraction of sp³-hybridized carbons (Fsp3) is 0.452. The number of benzene rings is 2. The lowest BCUT2D eigenvalue weighted by Crippen LogP contribution is -2.74. The maximum absolute atomic E-state index is 13.5. The fourth-order valence-corrected chi connectivity index (χ4v) is 6.85. The third-order valence-corrected chi connectivity index (χ3v) is 8.91. The molecule has 2 heterocycles. The standard InChI is InChI=1S/C29H31NO8.C2HF3O2/c1-16(31)26(32)38-23(17-7-5-4-6-8-17)27(33)36-20-11-12-29(34)21-15-18-9-10-19(35-3)24-22(18)28(29,25(20)37-24)13-14-30(21)2;3-2(4,5)1(6)7/h4-11,16,21,23,25,31,34H,12-15H2,1-3H3;(H,6,7)/t16?,21-,23+,25+,28+,29-;/m1./s1. The van der Waals surface area contributed by atoms with E-state index >= 15 is 0 Å². The SMILES string of the molecule is COc1ccc2c3c1O[C@H]1C(OC(=O)[C@@H](OC(=O)C(C)O)c4ccccc4)=CC[C@@]4(O)[C@@H](C2)N(C)CC[C@]314.O=C(O)C(F)(F)F. The Morgan fingerprint density at radius 1 is 1.11 bits per heavy atom. The summed E-state index contributed by atoms with van der Waals surface area (Å²) >= 11 is 0. The molecule has 6 rings (SSSR count). The molecule has 0 aromatic heterocycles. The van der Waals surface area contributed by atoms with E-state index in [1.54, 1.807) is 43.5 Å². The molecule has 1 spiro atoms. The van der Waals surface area contributed by atoms with E-state index in [4.69, 9.17) is 28.8 Å². The molecule has 11 nitrogen and oxygen atoms in total. The van der Waals surface area contributed by atoms with Crippen LogP contribution in [0.4, 0.5) is 13.2 Å². The molecule has 14 heteroatoms. The molecule has 6 atom stereocenters. The minimum absolute atomic E-state index is 0.133. The van der Waals surface area contributed by atoms with Gasteiger partial charge in [0.1, 0.15) is 11.9 Å². The Kier molecular flexibility index (Phi) is 8.36. The lowest BCUT2D eigenvalue weighted by atomic mass is 9.50. The zero-order valence-electron chi connectivity index (χ0n) is 24.5. The van der Waals surface area contributed by atoms with E-state index in [0.717, 1.165) is 17.7 Å². The van der Waals surface area contributed by atoms with Crippen molar-refractivity contribution in [3.63, 3.8) is 0 Å². The molecule has 2 aliphatic carbocycles. The highest BCUT2D eigenvalue weighted by Crippen LogP contribution is 2.65. The Hall–Kier alpha value is -4.14. The second-order valence-corrected chi connectivity index (χ2v) is 11.4. The fourth-order valence-electron chi connectivity index (χ4n) is 6.85. The van der Waals surface area contributed by atoms with Gasteiger partial charge in [-0.05, 0) is 51.1 Å². The van der Waals surface area contributed by atoms with Gasteiger partial charge >= 0.3 is 24.1 Å². The summed E-state index contributed by atoms with van der Waals surface area (Å²) in [4.78, 5) is 36.9. The molecule has 0 radical (unpaired) electrons. The largest absolute Gasteiger partial charge is 0.493 e. The van der Waals surface area contributed by atoms with Gasteiger partial charge in [0.15, 0.2) is 17.6 Å². The number of carboxylic acids is 1. The number of hydrogen-bond donors (Lipinski definition) is 3. The van der Waals surface area contributed by atoms with Crippen LogP contribution in [0.5, 0.6) is 11.5 Å². The number of piperidine rings is 1. The summed E-state index contributed by atoms with van der Waals surface area (Å²) < 4.78 is 55.2. The minimum Gasteiger partial charge on any atom is -0.493 e. The first-order chi connectivity index (χ1) is 21.2. The topological polar surface area (TPSA) is 152 Å². The Bertz CT molecular complexity index is 1530. The van der Waals surface area contributed by atoms with Gasteiger partial charge < -0.3 is 39.2 Å². The minimum atomic E-state index is -5.08. The second kappa shape index (κ2) is 11.7. The molecule has 0 saturated carbocycles. The summed E-state index contributed by atoms with van der Waals surface area (Å²) in [6.45, 7) is 2.01. The number of likely N-dealkylation sites (N-methyl/N-ethyl adjacent to an activating group) is 1. The molecular weight excluding hydrogens is 603 g/mol. The maximum atomic E-state index is 13.5. The second-order valence-electron chi connectivity index (χ2n) is 11.4. The summed E-state index contributed by atoms with van der Waals surface area (Å²) in [7, 11) is 3.60. The van der Waals surface area contributed by atoms with Gasteiger partial charge in [-0.2, -0.15) is 13.2 Å². The van der Waals surface area contributed by atoms with Crippen LogP contribution in [0, 0.1) is 0 Å². The molecule has 0 amide bonds. The van der Waals surface area contributed by atoms with E-state index in [1.807, 2.05) is 19.2 Å². The highest BCUT2D eigenvalue weighted by Gasteiger charge is 2.72. The highest BCUT2D eigenvalue weighted by atomic mass is 19.4. The molecule has 2 aliphatic heterocycles. The van der Waals surface area contributed by atoms with E-state index in [-0.39, 0.29) is 18.2 Å². The molecule has 1 unspecified atom stereocenters. The summed E-state index contributed by atoms with van der Waals surface area (Å²) in [6, 6.07) is 12.3. The average molecular weight is 636 g/mol.